The number of rotatable bonds is 3. The van der Waals surface area contributed by atoms with Crippen molar-refractivity contribution < 1.29 is 4.74 Å². The fourth-order valence-corrected chi connectivity index (χ4v) is 4.60. The number of nitrogens with zero attached hydrogens (tertiary/aromatic N) is 1. The summed E-state index contributed by atoms with van der Waals surface area (Å²) >= 11 is 1.88. The highest BCUT2D eigenvalue weighted by molar-refractivity contribution is 7.11. The number of ether oxygens (including phenoxy) is 1. The third-order valence-electron chi connectivity index (χ3n) is 4.48. The maximum Gasteiger partial charge on any atom is 0.0900 e. The normalized spacial score (nSPS) is 31.2. The van der Waals surface area contributed by atoms with Crippen LogP contribution in [0.3, 0.4) is 0 Å². The molecule has 0 bridgehead atoms. The average molecular weight is 280 g/mol. The fraction of sp³-hybridized carbons (Fsp3) is 0.800. The second-order valence-corrected chi connectivity index (χ2v) is 7.06. The third kappa shape index (κ3) is 2.86. The van der Waals surface area contributed by atoms with E-state index in [0.29, 0.717) is 18.2 Å². The van der Waals surface area contributed by atoms with Crippen molar-refractivity contribution in [1.82, 2.24) is 10.3 Å². The Kier molecular flexibility index (Phi) is 4.20. The molecule has 0 spiro atoms. The van der Waals surface area contributed by atoms with Gasteiger partial charge in [-0.05, 0) is 39.0 Å². The maximum absolute atomic E-state index is 5.66. The Bertz CT molecular complexity index is 432. The minimum absolute atomic E-state index is 0.396. The molecule has 1 aromatic heterocycles. The minimum Gasteiger partial charge on any atom is -0.380 e. The first-order valence-electron chi connectivity index (χ1n) is 7.53. The smallest absolute Gasteiger partial charge is 0.0900 e. The van der Waals surface area contributed by atoms with Crippen LogP contribution in [0.1, 0.15) is 60.1 Å². The summed E-state index contributed by atoms with van der Waals surface area (Å²) in [5.74, 6) is 0. The Hall–Kier alpha value is -0.450. The van der Waals surface area contributed by atoms with Gasteiger partial charge in [-0.1, -0.05) is 12.8 Å². The standard InChI is InChI=1S/C15H24N2OS/c1-10-16-12-7-5-8-13(15(12)19-10)17-11-6-3-4-9-14(11)18-2/h11,13-14,17H,3-9H2,1-2H3. The van der Waals surface area contributed by atoms with Crippen molar-refractivity contribution in [3.63, 3.8) is 0 Å². The zero-order valence-corrected chi connectivity index (χ0v) is 12.8. The third-order valence-corrected chi connectivity index (χ3v) is 5.60. The van der Waals surface area contributed by atoms with E-state index in [2.05, 4.69) is 17.2 Å². The highest BCUT2D eigenvalue weighted by Gasteiger charge is 2.30. The van der Waals surface area contributed by atoms with E-state index in [-0.39, 0.29) is 0 Å². The molecule has 1 fully saturated rings. The second kappa shape index (κ2) is 5.90. The predicted molar refractivity (Wildman–Crippen MR) is 78.7 cm³/mol. The molecule has 2 aliphatic rings. The van der Waals surface area contributed by atoms with Gasteiger partial charge < -0.3 is 10.1 Å². The highest BCUT2D eigenvalue weighted by atomic mass is 32.1. The van der Waals surface area contributed by atoms with Gasteiger partial charge in [0.05, 0.1) is 16.8 Å². The van der Waals surface area contributed by atoms with Crippen molar-refractivity contribution in [2.75, 3.05) is 7.11 Å². The first-order chi connectivity index (χ1) is 9.28. The predicted octanol–water partition coefficient (Wildman–Crippen LogP) is 3.38. The van der Waals surface area contributed by atoms with Crippen LogP contribution < -0.4 is 5.32 Å². The number of thiazole rings is 1. The first-order valence-corrected chi connectivity index (χ1v) is 8.34. The monoisotopic (exact) mass is 280 g/mol. The van der Waals surface area contributed by atoms with Crippen molar-refractivity contribution in [1.29, 1.82) is 0 Å². The van der Waals surface area contributed by atoms with Gasteiger partial charge in [0.25, 0.3) is 0 Å². The van der Waals surface area contributed by atoms with Crippen LogP contribution in [-0.2, 0) is 11.2 Å². The summed E-state index contributed by atoms with van der Waals surface area (Å²) in [6, 6.07) is 1.04. The van der Waals surface area contributed by atoms with E-state index in [4.69, 9.17) is 4.74 Å². The molecule has 0 aliphatic heterocycles. The van der Waals surface area contributed by atoms with Crippen LogP contribution in [-0.4, -0.2) is 24.2 Å². The molecule has 0 saturated heterocycles. The lowest BCUT2D eigenvalue weighted by Crippen LogP contribution is -2.45. The van der Waals surface area contributed by atoms with E-state index < -0.39 is 0 Å². The van der Waals surface area contributed by atoms with Crippen molar-refractivity contribution in [2.24, 2.45) is 0 Å². The fourth-order valence-electron chi connectivity index (χ4n) is 3.53. The number of aryl methyl sites for hydroxylation is 2. The van der Waals surface area contributed by atoms with Crippen LogP contribution in [0.2, 0.25) is 0 Å². The molecule has 3 rings (SSSR count). The Balaban J connectivity index is 1.73. The Morgan fingerprint density at radius 2 is 2.05 bits per heavy atom. The SMILES string of the molecule is COC1CCCCC1NC1CCCc2nc(C)sc21. The zero-order valence-electron chi connectivity index (χ0n) is 11.9. The van der Waals surface area contributed by atoms with E-state index in [0.717, 1.165) is 6.42 Å². The van der Waals surface area contributed by atoms with Crippen LogP contribution in [0.25, 0.3) is 0 Å². The molecule has 0 aromatic carbocycles. The molecule has 2 aliphatic carbocycles. The highest BCUT2D eigenvalue weighted by Crippen LogP contribution is 2.35. The van der Waals surface area contributed by atoms with Crippen LogP contribution >= 0.6 is 11.3 Å². The van der Waals surface area contributed by atoms with Crippen molar-refractivity contribution >= 4 is 11.3 Å². The summed E-state index contributed by atoms with van der Waals surface area (Å²) < 4.78 is 5.66. The zero-order chi connectivity index (χ0) is 13.2. The van der Waals surface area contributed by atoms with Gasteiger partial charge in [-0.25, -0.2) is 4.98 Å². The maximum atomic E-state index is 5.66. The van der Waals surface area contributed by atoms with Gasteiger partial charge in [0.15, 0.2) is 0 Å². The van der Waals surface area contributed by atoms with Gasteiger partial charge in [0.1, 0.15) is 0 Å². The summed E-state index contributed by atoms with van der Waals surface area (Å²) in [4.78, 5) is 6.17. The number of methoxy groups -OCH3 is 1. The van der Waals surface area contributed by atoms with E-state index in [1.807, 2.05) is 18.4 Å². The van der Waals surface area contributed by atoms with Gasteiger partial charge in [0, 0.05) is 24.1 Å². The quantitative estimate of drug-likeness (QED) is 0.921. The molecular formula is C15H24N2OS. The Morgan fingerprint density at radius 1 is 1.21 bits per heavy atom. The van der Waals surface area contributed by atoms with E-state index in [9.17, 15) is 0 Å². The molecule has 106 valence electrons. The Labute approximate surface area is 119 Å². The van der Waals surface area contributed by atoms with Crippen molar-refractivity contribution in [3.05, 3.63) is 15.6 Å². The summed E-state index contributed by atoms with van der Waals surface area (Å²) in [6.07, 6.45) is 9.17. The number of aromatic nitrogens is 1. The molecule has 3 nitrogen and oxygen atoms in total. The number of hydrogen-bond acceptors (Lipinski definition) is 4. The molecule has 3 atom stereocenters. The minimum atomic E-state index is 0.396. The molecule has 0 amide bonds. The van der Waals surface area contributed by atoms with Crippen LogP contribution in [0.5, 0.6) is 0 Å². The van der Waals surface area contributed by atoms with Crippen molar-refractivity contribution in [2.45, 2.75) is 70.1 Å². The summed E-state index contributed by atoms with van der Waals surface area (Å²) in [5.41, 5.74) is 1.34. The van der Waals surface area contributed by atoms with E-state index in [1.54, 1.807) is 0 Å². The van der Waals surface area contributed by atoms with Gasteiger partial charge in [-0.15, -0.1) is 11.3 Å². The van der Waals surface area contributed by atoms with Gasteiger partial charge >= 0.3 is 0 Å². The largest absolute Gasteiger partial charge is 0.380 e. The molecule has 4 heteroatoms. The lowest BCUT2D eigenvalue weighted by Gasteiger charge is -2.35. The number of hydrogen-bond donors (Lipinski definition) is 1. The summed E-state index contributed by atoms with van der Waals surface area (Å²) in [6.45, 7) is 2.12. The number of fused-ring (bicyclic) bond motifs is 1. The van der Waals surface area contributed by atoms with Crippen LogP contribution in [0.15, 0.2) is 0 Å². The first kappa shape index (κ1) is 13.5. The topological polar surface area (TPSA) is 34.1 Å². The molecule has 1 saturated carbocycles. The summed E-state index contributed by atoms with van der Waals surface area (Å²) in [7, 11) is 1.85. The Morgan fingerprint density at radius 3 is 2.89 bits per heavy atom. The van der Waals surface area contributed by atoms with Gasteiger partial charge in [0.2, 0.25) is 0 Å². The molecule has 1 heterocycles. The molecule has 0 radical (unpaired) electrons. The molecular weight excluding hydrogens is 256 g/mol. The van der Waals surface area contributed by atoms with Gasteiger partial charge in [-0.2, -0.15) is 0 Å². The van der Waals surface area contributed by atoms with Gasteiger partial charge in [-0.3, -0.25) is 0 Å². The summed E-state index contributed by atoms with van der Waals surface area (Å²) in [5, 5.41) is 5.09. The van der Waals surface area contributed by atoms with Crippen LogP contribution in [0, 0.1) is 6.92 Å². The average Bonchev–Trinajstić information content (AvgIpc) is 2.81. The molecule has 1 N–H and O–H groups in total. The molecule has 1 aromatic rings. The van der Waals surface area contributed by atoms with Crippen molar-refractivity contribution in [3.8, 4) is 0 Å². The molecule has 19 heavy (non-hydrogen) atoms. The molecule has 3 unspecified atom stereocenters. The van der Waals surface area contributed by atoms with E-state index in [1.165, 1.54) is 54.1 Å². The lowest BCUT2D eigenvalue weighted by atomic mass is 9.90. The lowest BCUT2D eigenvalue weighted by molar-refractivity contribution is 0.0369. The second-order valence-electron chi connectivity index (χ2n) is 5.82. The van der Waals surface area contributed by atoms with E-state index >= 15 is 0 Å². The van der Waals surface area contributed by atoms with Crippen LogP contribution in [0.4, 0.5) is 0 Å². The number of nitrogens with one attached hydrogen (secondary N) is 1.